The Labute approximate surface area is 123 Å². The molecule has 2 amide bonds. The van der Waals surface area contributed by atoms with E-state index in [0.717, 1.165) is 21.7 Å². The van der Waals surface area contributed by atoms with E-state index in [4.69, 9.17) is 10.5 Å². The second kappa shape index (κ2) is 6.26. The highest BCUT2D eigenvalue weighted by Gasteiger charge is 2.32. The predicted octanol–water partition coefficient (Wildman–Crippen LogP) is 2.70. The summed E-state index contributed by atoms with van der Waals surface area (Å²) >= 11 is 1.50. The van der Waals surface area contributed by atoms with Gasteiger partial charge in [0.1, 0.15) is 0 Å². The highest BCUT2D eigenvalue weighted by Crippen LogP contribution is 2.36. The molecule has 1 aromatic heterocycles. The second-order valence-corrected chi connectivity index (χ2v) is 6.25. The van der Waals surface area contributed by atoms with Crippen molar-refractivity contribution in [3.8, 4) is 0 Å². The van der Waals surface area contributed by atoms with Crippen LogP contribution in [-0.2, 0) is 16.7 Å². The molecule has 1 rings (SSSR count). The van der Waals surface area contributed by atoms with Gasteiger partial charge in [-0.25, -0.2) is 9.59 Å². The van der Waals surface area contributed by atoms with Crippen LogP contribution in [0.4, 0.5) is 4.79 Å². The van der Waals surface area contributed by atoms with Gasteiger partial charge in [-0.1, -0.05) is 6.92 Å². The number of primary amides is 1. The molecule has 0 aliphatic heterocycles. The number of amides is 2. The van der Waals surface area contributed by atoms with Crippen LogP contribution >= 0.6 is 11.3 Å². The Morgan fingerprint density at radius 2 is 1.95 bits per heavy atom. The third-order valence-corrected chi connectivity index (χ3v) is 4.52. The number of aryl methyl sites for hydroxylation is 1. The van der Waals surface area contributed by atoms with E-state index in [1.807, 2.05) is 27.7 Å². The molecule has 0 aromatic carbocycles. The molecule has 112 valence electrons. The summed E-state index contributed by atoms with van der Waals surface area (Å²) in [7, 11) is 0. The lowest BCUT2D eigenvalue weighted by Crippen LogP contribution is -2.44. The third-order valence-electron chi connectivity index (χ3n) is 3.05. The van der Waals surface area contributed by atoms with E-state index in [9.17, 15) is 9.59 Å². The Balaban J connectivity index is 3.39. The van der Waals surface area contributed by atoms with E-state index in [1.165, 1.54) is 11.3 Å². The van der Waals surface area contributed by atoms with Gasteiger partial charge in [-0.3, -0.25) is 0 Å². The number of nitrogens with one attached hydrogen (secondary N) is 1. The van der Waals surface area contributed by atoms with Crippen molar-refractivity contribution in [2.24, 2.45) is 5.73 Å². The summed E-state index contributed by atoms with van der Waals surface area (Å²) in [6.07, 6.45) is 0.739. The maximum atomic E-state index is 12.2. The number of rotatable bonds is 5. The van der Waals surface area contributed by atoms with E-state index in [-0.39, 0.29) is 5.97 Å². The number of ether oxygens (including phenoxy) is 1. The lowest BCUT2D eigenvalue weighted by molar-refractivity contribution is 0.0522. The molecule has 1 heterocycles. The lowest BCUT2D eigenvalue weighted by Gasteiger charge is -2.25. The minimum atomic E-state index is -0.712. The Morgan fingerprint density at radius 1 is 1.35 bits per heavy atom. The molecule has 5 nitrogen and oxygen atoms in total. The predicted molar refractivity (Wildman–Crippen MR) is 80.1 cm³/mol. The Morgan fingerprint density at radius 3 is 2.40 bits per heavy atom. The number of thiophene rings is 1. The van der Waals surface area contributed by atoms with E-state index in [1.54, 1.807) is 6.92 Å². The van der Waals surface area contributed by atoms with Crippen molar-refractivity contribution in [3.63, 3.8) is 0 Å². The van der Waals surface area contributed by atoms with Gasteiger partial charge in [0.15, 0.2) is 0 Å². The van der Waals surface area contributed by atoms with Crippen molar-refractivity contribution >= 4 is 23.3 Å². The zero-order valence-corrected chi connectivity index (χ0v) is 13.4. The quantitative estimate of drug-likeness (QED) is 0.820. The number of carbonyl (C=O) groups excluding carboxylic acids is 2. The molecule has 3 N–H and O–H groups in total. The lowest BCUT2D eigenvalue weighted by atomic mass is 9.95. The molecule has 0 saturated heterocycles. The minimum absolute atomic E-state index is 0.319. The molecule has 0 unspecified atom stereocenters. The summed E-state index contributed by atoms with van der Waals surface area (Å²) < 4.78 is 5.15. The molecule has 0 spiro atoms. The topological polar surface area (TPSA) is 81.4 Å². The van der Waals surface area contributed by atoms with Crippen LogP contribution < -0.4 is 11.1 Å². The fourth-order valence-corrected chi connectivity index (χ4v) is 3.52. The van der Waals surface area contributed by atoms with Crippen LogP contribution in [0.2, 0.25) is 0 Å². The monoisotopic (exact) mass is 298 g/mol. The number of carbonyl (C=O) groups is 2. The van der Waals surface area contributed by atoms with E-state index in [2.05, 4.69) is 5.32 Å². The molecule has 0 aliphatic rings. The van der Waals surface area contributed by atoms with Gasteiger partial charge < -0.3 is 15.8 Å². The van der Waals surface area contributed by atoms with Gasteiger partial charge >= 0.3 is 12.0 Å². The molecule has 0 atom stereocenters. The number of urea groups is 1. The number of hydrogen-bond acceptors (Lipinski definition) is 4. The average Bonchev–Trinajstić information content (AvgIpc) is 2.65. The molecule has 0 saturated carbocycles. The van der Waals surface area contributed by atoms with Gasteiger partial charge in [0.05, 0.1) is 17.7 Å². The maximum absolute atomic E-state index is 12.2. The highest BCUT2D eigenvalue weighted by molar-refractivity contribution is 7.12. The van der Waals surface area contributed by atoms with Gasteiger partial charge in [-0.15, -0.1) is 11.3 Å². The standard InChI is InChI=1S/C14H22N2O3S/c1-6-9-8(3)20-11(10(9)12(17)19-7-2)14(4,5)16-13(15)18/h6-7H2,1-5H3,(H3,15,16,18). The largest absolute Gasteiger partial charge is 0.462 e. The van der Waals surface area contributed by atoms with Crippen molar-refractivity contribution < 1.29 is 14.3 Å². The van der Waals surface area contributed by atoms with Gasteiger partial charge in [0.2, 0.25) is 0 Å². The first-order chi connectivity index (χ1) is 9.24. The molecule has 0 fully saturated rings. The fourth-order valence-electron chi connectivity index (χ4n) is 2.23. The molecular weight excluding hydrogens is 276 g/mol. The summed E-state index contributed by atoms with van der Waals surface area (Å²) in [4.78, 5) is 25.2. The molecule has 20 heavy (non-hydrogen) atoms. The Kier molecular flexibility index (Phi) is 5.16. The molecule has 0 aliphatic carbocycles. The van der Waals surface area contributed by atoms with Crippen LogP contribution in [0.5, 0.6) is 0 Å². The smallest absolute Gasteiger partial charge is 0.339 e. The van der Waals surface area contributed by atoms with Crippen LogP contribution in [0.15, 0.2) is 0 Å². The fraction of sp³-hybridized carbons (Fsp3) is 0.571. The minimum Gasteiger partial charge on any atom is -0.462 e. The van der Waals surface area contributed by atoms with E-state index >= 15 is 0 Å². The van der Waals surface area contributed by atoms with Crippen molar-refractivity contribution in [1.29, 1.82) is 0 Å². The van der Waals surface area contributed by atoms with Crippen LogP contribution in [-0.4, -0.2) is 18.6 Å². The first-order valence-electron chi connectivity index (χ1n) is 6.62. The number of nitrogens with two attached hydrogens (primary N) is 1. The van der Waals surface area contributed by atoms with E-state index in [0.29, 0.717) is 12.2 Å². The summed E-state index contributed by atoms with van der Waals surface area (Å²) in [6, 6.07) is -0.617. The van der Waals surface area contributed by atoms with Crippen LogP contribution in [0.25, 0.3) is 0 Å². The second-order valence-electron chi connectivity index (χ2n) is 5.03. The molecular formula is C14H22N2O3S. The Hall–Kier alpha value is -1.56. The van der Waals surface area contributed by atoms with E-state index < -0.39 is 11.6 Å². The van der Waals surface area contributed by atoms with Crippen molar-refractivity contribution in [2.75, 3.05) is 6.61 Å². The van der Waals surface area contributed by atoms with Crippen molar-refractivity contribution in [2.45, 2.75) is 46.6 Å². The summed E-state index contributed by atoms with van der Waals surface area (Å²) in [5, 5.41) is 2.68. The first kappa shape index (κ1) is 16.5. The van der Waals surface area contributed by atoms with Crippen molar-refractivity contribution in [1.82, 2.24) is 5.32 Å². The zero-order valence-electron chi connectivity index (χ0n) is 12.6. The highest BCUT2D eigenvalue weighted by atomic mass is 32.1. The third kappa shape index (κ3) is 3.30. The SMILES string of the molecule is CCOC(=O)c1c(C(C)(C)NC(N)=O)sc(C)c1CC. The average molecular weight is 298 g/mol. The summed E-state index contributed by atoms with van der Waals surface area (Å²) in [5.41, 5.74) is 6.05. The summed E-state index contributed by atoms with van der Waals surface area (Å²) in [5.74, 6) is -0.344. The first-order valence-corrected chi connectivity index (χ1v) is 7.43. The maximum Gasteiger partial charge on any atom is 0.339 e. The number of hydrogen-bond donors (Lipinski definition) is 2. The van der Waals surface area contributed by atoms with Crippen molar-refractivity contribution in [3.05, 3.63) is 20.9 Å². The van der Waals surface area contributed by atoms with Crippen LogP contribution in [0.1, 0.15) is 53.4 Å². The normalized spacial score (nSPS) is 11.2. The van der Waals surface area contributed by atoms with Gasteiger partial charge in [-0.2, -0.15) is 0 Å². The number of esters is 1. The summed E-state index contributed by atoms with van der Waals surface area (Å²) in [6.45, 7) is 9.71. The van der Waals surface area contributed by atoms with Gasteiger partial charge in [-0.05, 0) is 39.7 Å². The Bertz CT molecular complexity index is 521. The molecule has 6 heteroatoms. The molecule has 0 radical (unpaired) electrons. The molecule has 0 bridgehead atoms. The van der Waals surface area contributed by atoms with Crippen LogP contribution in [0, 0.1) is 6.92 Å². The molecule has 1 aromatic rings. The van der Waals surface area contributed by atoms with Gasteiger partial charge in [0.25, 0.3) is 0 Å². The van der Waals surface area contributed by atoms with Crippen LogP contribution in [0.3, 0.4) is 0 Å². The van der Waals surface area contributed by atoms with Gasteiger partial charge in [0, 0.05) is 9.75 Å². The zero-order chi connectivity index (χ0) is 15.5.